The summed E-state index contributed by atoms with van der Waals surface area (Å²) >= 11 is 18.0. The fourth-order valence-corrected chi connectivity index (χ4v) is 2.15. The lowest BCUT2D eigenvalue weighted by Crippen LogP contribution is -2.24. The second-order valence-electron chi connectivity index (χ2n) is 4.23. The number of aromatic nitrogens is 2. The van der Waals surface area contributed by atoms with Gasteiger partial charge in [-0.15, -0.1) is 23.2 Å². The van der Waals surface area contributed by atoms with E-state index in [9.17, 15) is 0 Å². The van der Waals surface area contributed by atoms with E-state index in [2.05, 4.69) is 12.0 Å². The van der Waals surface area contributed by atoms with Crippen LogP contribution in [0.5, 0.6) is 0 Å². The van der Waals surface area contributed by atoms with Crippen LogP contribution in [0.3, 0.4) is 0 Å². The highest BCUT2D eigenvalue weighted by atomic mass is 35.5. The summed E-state index contributed by atoms with van der Waals surface area (Å²) < 4.78 is 1.68. The Balaban J connectivity index is 2.98. The zero-order valence-corrected chi connectivity index (χ0v) is 11.4. The lowest BCUT2D eigenvalue weighted by molar-refractivity contribution is 0.424. The molecule has 0 fully saturated rings. The van der Waals surface area contributed by atoms with Gasteiger partial charge in [-0.25, -0.2) is 0 Å². The molecule has 2 nitrogen and oxygen atoms in total. The van der Waals surface area contributed by atoms with Gasteiger partial charge in [-0.05, 0) is 18.8 Å². The Hall–Kier alpha value is 0.0800. The monoisotopic (exact) mass is 268 g/mol. The van der Waals surface area contributed by atoms with Crippen LogP contribution in [0.25, 0.3) is 0 Å². The van der Waals surface area contributed by atoms with E-state index in [1.807, 2.05) is 14.0 Å². The number of aryl methyl sites for hydroxylation is 2. The topological polar surface area (TPSA) is 17.8 Å². The van der Waals surface area contributed by atoms with Crippen molar-refractivity contribution in [1.82, 2.24) is 9.78 Å². The molecule has 0 aliphatic heterocycles. The van der Waals surface area contributed by atoms with Gasteiger partial charge in [0.2, 0.25) is 0 Å². The highest BCUT2D eigenvalue weighted by Crippen LogP contribution is 2.30. The van der Waals surface area contributed by atoms with Gasteiger partial charge in [0.25, 0.3) is 0 Å². The molecule has 0 saturated heterocycles. The standard InChI is InChI=1S/C10H15Cl3N2/c1-7-8(9(13)15(3)14-7)4-10(2,5-11)6-12/h4-6H2,1-3H3. The lowest BCUT2D eigenvalue weighted by atomic mass is 9.88. The fraction of sp³-hybridized carbons (Fsp3) is 0.700. The maximum absolute atomic E-state index is 6.15. The number of rotatable bonds is 4. The predicted octanol–water partition coefficient (Wildman–Crippen LogP) is 3.41. The quantitative estimate of drug-likeness (QED) is 0.766. The van der Waals surface area contributed by atoms with E-state index in [1.54, 1.807) is 4.68 Å². The van der Waals surface area contributed by atoms with Crippen molar-refractivity contribution in [3.63, 3.8) is 0 Å². The van der Waals surface area contributed by atoms with Crippen LogP contribution in [0, 0.1) is 12.3 Å². The Morgan fingerprint density at radius 2 is 1.87 bits per heavy atom. The van der Waals surface area contributed by atoms with Gasteiger partial charge < -0.3 is 0 Å². The summed E-state index contributed by atoms with van der Waals surface area (Å²) in [5.41, 5.74) is 1.87. The maximum atomic E-state index is 6.15. The molecule has 0 bridgehead atoms. The molecule has 1 aromatic rings. The highest BCUT2D eigenvalue weighted by molar-refractivity contribution is 6.30. The van der Waals surface area contributed by atoms with Crippen LogP contribution >= 0.6 is 34.8 Å². The summed E-state index contributed by atoms with van der Waals surface area (Å²) in [6.07, 6.45) is 0.762. The van der Waals surface area contributed by atoms with E-state index in [1.165, 1.54) is 0 Å². The molecule has 86 valence electrons. The SMILES string of the molecule is Cc1nn(C)c(Cl)c1CC(C)(CCl)CCl. The zero-order valence-electron chi connectivity index (χ0n) is 9.15. The minimum atomic E-state index is -0.124. The summed E-state index contributed by atoms with van der Waals surface area (Å²) in [6, 6.07) is 0. The molecular formula is C10H15Cl3N2. The van der Waals surface area contributed by atoms with E-state index in [0.717, 1.165) is 17.7 Å². The highest BCUT2D eigenvalue weighted by Gasteiger charge is 2.26. The average Bonchev–Trinajstić information content (AvgIpc) is 2.45. The van der Waals surface area contributed by atoms with Crippen LogP contribution in [0.15, 0.2) is 0 Å². The van der Waals surface area contributed by atoms with Gasteiger partial charge in [0, 0.05) is 24.4 Å². The van der Waals surface area contributed by atoms with E-state index in [4.69, 9.17) is 34.8 Å². The van der Waals surface area contributed by atoms with E-state index in [-0.39, 0.29) is 5.41 Å². The Labute approximate surface area is 106 Å². The van der Waals surface area contributed by atoms with Gasteiger partial charge in [-0.3, -0.25) is 4.68 Å². The minimum Gasteiger partial charge on any atom is -0.257 e. The predicted molar refractivity (Wildman–Crippen MR) is 66.2 cm³/mol. The smallest absolute Gasteiger partial charge is 0.130 e. The second-order valence-corrected chi connectivity index (χ2v) is 5.13. The van der Waals surface area contributed by atoms with Gasteiger partial charge in [0.05, 0.1) is 5.69 Å². The Bertz CT molecular complexity index is 343. The number of alkyl halides is 2. The summed E-state index contributed by atoms with van der Waals surface area (Å²) in [4.78, 5) is 0. The molecule has 1 rings (SSSR count). The summed E-state index contributed by atoms with van der Waals surface area (Å²) in [7, 11) is 1.83. The van der Waals surface area contributed by atoms with E-state index in [0.29, 0.717) is 16.9 Å². The van der Waals surface area contributed by atoms with E-state index < -0.39 is 0 Å². The third-order valence-corrected chi connectivity index (χ3v) is 4.28. The maximum Gasteiger partial charge on any atom is 0.130 e. The zero-order chi connectivity index (χ0) is 11.6. The van der Waals surface area contributed by atoms with Crippen LogP contribution < -0.4 is 0 Å². The van der Waals surface area contributed by atoms with Crippen molar-refractivity contribution in [2.45, 2.75) is 20.3 Å². The van der Waals surface area contributed by atoms with Gasteiger partial charge in [0.15, 0.2) is 0 Å². The largest absolute Gasteiger partial charge is 0.257 e. The molecule has 0 amide bonds. The average molecular weight is 270 g/mol. The van der Waals surface area contributed by atoms with Crippen molar-refractivity contribution < 1.29 is 0 Å². The summed E-state index contributed by atoms with van der Waals surface area (Å²) in [5.74, 6) is 1.03. The molecule has 0 aromatic carbocycles. The number of nitrogens with zero attached hydrogens (tertiary/aromatic N) is 2. The second kappa shape index (κ2) is 4.94. The van der Waals surface area contributed by atoms with Gasteiger partial charge >= 0.3 is 0 Å². The molecule has 0 saturated carbocycles. The lowest BCUT2D eigenvalue weighted by Gasteiger charge is -2.23. The third-order valence-electron chi connectivity index (χ3n) is 2.52. The molecule has 0 aliphatic carbocycles. The summed E-state index contributed by atoms with van der Waals surface area (Å²) in [6.45, 7) is 4.00. The van der Waals surface area contributed by atoms with Crippen LogP contribution in [-0.4, -0.2) is 21.5 Å². The fourth-order valence-electron chi connectivity index (χ4n) is 1.43. The molecule has 1 heterocycles. The molecule has 0 N–H and O–H groups in total. The van der Waals surface area contributed by atoms with Gasteiger partial charge in [-0.2, -0.15) is 5.10 Å². The normalized spacial score (nSPS) is 12.1. The molecular weight excluding hydrogens is 254 g/mol. The van der Waals surface area contributed by atoms with Crippen LogP contribution in [0.4, 0.5) is 0 Å². The molecule has 1 aromatic heterocycles. The van der Waals surface area contributed by atoms with Gasteiger partial charge in [0.1, 0.15) is 5.15 Å². The Kier molecular flexibility index (Phi) is 4.33. The molecule has 15 heavy (non-hydrogen) atoms. The molecule has 0 radical (unpaired) electrons. The number of hydrogen-bond acceptors (Lipinski definition) is 1. The van der Waals surface area contributed by atoms with Crippen molar-refractivity contribution in [1.29, 1.82) is 0 Å². The first-order chi connectivity index (χ1) is 6.93. The molecule has 0 spiro atoms. The van der Waals surface area contributed by atoms with Crippen LogP contribution in [-0.2, 0) is 13.5 Å². The first kappa shape index (κ1) is 13.1. The van der Waals surface area contributed by atoms with Crippen molar-refractivity contribution in [2.24, 2.45) is 12.5 Å². The van der Waals surface area contributed by atoms with Crippen molar-refractivity contribution >= 4 is 34.8 Å². The first-order valence-corrected chi connectivity index (χ1v) is 6.18. The Morgan fingerprint density at radius 3 is 2.20 bits per heavy atom. The van der Waals surface area contributed by atoms with Gasteiger partial charge in [-0.1, -0.05) is 18.5 Å². The Morgan fingerprint density at radius 1 is 1.33 bits per heavy atom. The number of halogens is 3. The van der Waals surface area contributed by atoms with Crippen LogP contribution in [0.2, 0.25) is 5.15 Å². The summed E-state index contributed by atoms with van der Waals surface area (Å²) in [5, 5.41) is 4.94. The number of hydrogen-bond donors (Lipinski definition) is 0. The molecule has 0 aliphatic rings. The molecule has 0 atom stereocenters. The molecule has 5 heteroatoms. The first-order valence-electron chi connectivity index (χ1n) is 4.73. The minimum absolute atomic E-state index is 0.124. The molecule has 0 unspecified atom stereocenters. The van der Waals surface area contributed by atoms with Crippen molar-refractivity contribution in [3.8, 4) is 0 Å². The van der Waals surface area contributed by atoms with Crippen molar-refractivity contribution in [3.05, 3.63) is 16.4 Å². The van der Waals surface area contributed by atoms with Crippen molar-refractivity contribution in [2.75, 3.05) is 11.8 Å². The van der Waals surface area contributed by atoms with E-state index >= 15 is 0 Å². The third kappa shape index (κ3) is 2.80. The van der Waals surface area contributed by atoms with Crippen LogP contribution in [0.1, 0.15) is 18.2 Å².